The van der Waals surface area contributed by atoms with Gasteiger partial charge in [0.2, 0.25) is 5.95 Å². The molecular weight excluding hydrogens is 427 g/mol. The van der Waals surface area contributed by atoms with Crippen LogP contribution in [0.25, 0.3) is 11.0 Å². The highest BCUT2D eigenvalue weighted by Gasteiger charge is 2.20. The summed E-state index contributed by atoms with van der Waals surface area (Å²) in [5.41, 5.74) is 2.26. The summed E-state index contributed by atoms with van der Waals surface area (Å²) in [6, 6.07) is 15.3. The zero-order valence-electron chi connectivity index (χ0n) is 17.7. The molecule has 0 unspecified atom stereocenters. The van der Waals surface area contributed by atoms with E-state index in [9.17, 15) is 18.8 Å². The number of benzene rings is 3. The number of nitrogens with zero attached hydrogens (tertiary/aromatic N) is 2. The van der Waals surface area contributed by atoms with Crippen LogP contribution in [0.5, 0.6) is 0 Å². The molecule has 4 aromatic rings. The van der Waals surface area contributed by atoms with Crippen LogP contribution >= 0.6 is 0 Å². The lowest BCUT2D eigenvalue weighted by Crippen LogP contribution is -2.24. The maximum atomic E-state index is 14.1. The summed E-state index contributed by atoms with van der Waals surface area (Å²) >= 11 is 0. The second kappa shape index (κ2) is 8.54. The summed E-state index contributed by atoms with van der Waals surface area (Å²) in [5.74, 6) is -1.50. The van der Waals surface area contributed by atoms with Gasteiger partial charge in [0, 0.05) is 18.2 Å². The molecule has 9 heteroatoms. The van der Waals surface area contributed by atoms with Crippen molar-refractivity contribution < 1.29 is 23.9 Å². The maximum Gasteiger partial charge on any atom is 0.413 e. The summed E-state index contributed by atoms with van der Waals surface area (Å²) in [6.45, 7) is 1.78. The first-order valence-electron chi connectivity index (χ1n) is 9.92. The van der Waals surface area contributed by atoms with E-state index < -0.39 is 23.6 Å². The molecule has 0 saturated heterocycles. The monoisotopic (exact) mass is 446 g/mol. The van der Waals surface area contributed by atoms with Crippen molar-refractivity contribution in [2.75, 3.05) is 17.3 Å². The number of amides is 2. The number of ketones is 1. The third kappa shape index (κ3) is 4.29. The lowest BCUT2D eigenvalue weighted by atomic mass is 9.97. The molecule has 8 nitrogen and oxygen atoms in total. The molecule has 0 aliphatic rings. The van der Waals surface area contributed by atoms with Crippen LogP contribution in [0.15, 0.2) is 60.7 Å². The largest absolute Gasteiger partial charge is 0.465 e. The average molecular weight is 446 g/mol. The number of carboxylic acid groups (broad SMARTS) is 1. The van der Waals surface area contributed by atoms with Crippen molar-refractivity contribution in [3.8, 4) is 0 Å². The molecule has 2 amide bonds. The van der Waals surface area contributed by atoms with Gasteiger partial charge in [-0.2, -0.15) is 0 Å². The van der Waals surface area contributed by atoms with Crippen molar-refractivity contribution in [1.29, 1.82) is 0 Å². The van der Waals surface area contributed by atoms with Gasteiger partial charge in [-0.1, -0.05) is 24.3 Å². The normalized spacial score (nSPS) is 10.8. The molecule has 3 aromatic carbocycles. The number of hydrogen-bond donors (Lipinski definition) is 3. The second-order valence-electron chi connectivity index (χ2n) is 7.45. The number of imidazole rings is 1. The van der Waals surface area contributed by atoms with Gasteiger partial charge in [0.25, 0.3) is 5.91 Å². The summed E-state index contributed by atoms with van der Waals surface area (Å²) in [6.07, 6.45) is -1.18. The summed E-state index contributed by atoms with van der Waals surface area (Å²) < 4.78 is 14.1. The van der Waals surface area contributed by atoms with Gasteiger partial charge in [0.15, 0.2) is 5.78 Å². The van der Waals surface area contributed by atoms with E-state index in [0.29, 0.717) is 11.0 Å². The minimum absolute atomic E-state index is 0.0243. The van der Waals surface area contributed by atoms with Gasteiger partial charge in [-0.3, -0.25) is 14.5 Å². The van der Waals surface area contributed by atoms with Crippen LogP contribution in [-0.2, 0) is 0 Å². The zero-order chi connectivity index (χ0) is 23.7. The van der Waals surface area contributed by atoms with E-state index in [0.717, 1.165) is 10.5 Å². The minimum Gasteiger partial charge on any atom is -0.465 e. The first-order chi connectivity index (χ1) is 15.7. The van der Waals surface area contributed by atoms with Gasteiger partial charge in [-0.05, 0) is 48.9 Å². The number of nitrogens with one attached hydrogen (secondary N) is 2. The van der Waals surface area contributed by atoms with Gasteiger partial charge in [-0.15, -0.1) is 0 Å². The lowest BCUT2D eigenvalue weighted by Gasteiger charge is -2.11. The van der Waals surface area contributed by atoms with Crippen molar-refractivity contribution in [1.82, 2.24) is 9.97 Å². The quantitative estimate of drug-likeness (QED) is 0.387. The molecule has 0 atom stereocenters. The highest BCUT2D eigenvalue weighted by atomic mass is 19.1. The SMILES string of the molecule is Cc1ccc(F)c(NC(=O)c2ccccc2C(=O)c2ccc3nc(N(C)C(=O)O)[nH]c3c2)c1. The Morgan fingerprint density at radius 3 is 2.48 bits per heavy atom. The number of halogens is 1. The Kier molecular flexibility index (Phi) is 5.61. The van der Waals surface area contributed by atoms with Crippen molar-refractivity contribution in [2.24, 2.45) is 0 Å². The molecule has 0 fully saturated rings. The number of hydrogen-bond acceptors (Lipinski definition) is 4. The van der Waals surface area contributed by atoms with Gasteiger partial charge in [0.05, 0.1) is 22.3 Å². The van der Waals surface area contributed by atoms with Gasteiger partial charge >= 0.3 is 6.09 Å². The van der Waals surface area contributed by atoms with Gasteiger partial charge in [0.1, 0.15) is 5.82 Å². The van der Waals surface area contributed by atoms with E-state index in [2.05, 4.69) is 15.3 Å². The molecule has 3 N–H and O–H groups in total. The zero-order valence-corrected chi connectivity index (χ0v) is 17.7. The first kappa shape index (κ1) is 21.7. The third-order valence-electron chi connectivity index (χ3n) is 5.12. The highest BCUT2D eigenvalue weighted by Crippen LogP contribution is 2.23. The fourth-order valence-electron chi connectivity index (χ4n) is 3.35. The Morgan fingerprint density at radius 1 is 1.03 bits per heavy atom. The Hall–Kier alpha value is -4.53. The summed E-state index contributed by atoms with van der Waals surface area (Å²) in [7, 11) is 1.35. The molecule has 1 heterocycles. The van der Waals surface area contributed by atoms with Crippen LogP contribution in [-0.4, -0.2) is 39.9 Å². The minimum atomic E-state index is -1.18. The molecular formula is C24H19FN4O4. The molecule has 166 valence electrons. The number of fused-ring (bicyclic) bond motifs is 1. The van der Waals surface area contributed by atoms with Crippen LogP contribution in [0.1, 0.15) is 31.8 Å². The van der Waals surface area contributed by atoms with Gasteiger partial charge < -0.3 is 15.4 Å². The lowest BCUT2D eigenvalue weighted by molar-refractivity contribution is 0.0996. The standard InChI is InChI=1S/C24H19FN4O4/c1-13-7-9-17(25)19(11-13)26-22(31)16-6-4-3-5-15(16)21(30)14-8-10-18-20(12-14)28-23(27-18)29(2)24(32)33/h3-12H,1-2H3,(H,26,31)(H,27,28)(H,32,33). The Balaban J connectivity index is 1.66. The Bertz CT molecular complexity index is 1410. The van der Waals surface area contributed by atoms with Crippen LogP contribution in [0, 0.1) is 12.7 Å². The Morgan fingerprint density at radius 2 is 1.76 bits per heavy atom. The maximum absolute atomic E-state index is 14.1. The number of carbonyl (C=O) groups is 3. The fraction of sp³-hybridized carbons (Fsp3) is 0.0833. The van der Waals surface area contributed by atoms with E-state index in [4.69, 9.17) is 5.11 Å². The molecule has 4 rings (SSSR count). The third-order valence-corrected chi connectivity index (χ3v) is 5.12. The molecule has 0 radical (unpaired) electrons. The number of anilines is 2. The van der Waals surface area contributed by atoms with E-state index in [1.807, 2.05) is 0 Å². The van der Waals surface area contributed by atoms with Crippen LogP contribution in [0.3, 0.4) is 0 Å². The molecule has 0 bridgehead atoms. The van der Waals surface area contributed by atoms with E-state index in [-0.39, 0.29) is 28.3 Å². The smallest absolute Gasteiger partial charge is 0.413 e. The van der Waals surface area contributed by atoms with Crippen molar-refractivity contribution in [3.05, 3.63) is 88.7 Å². The molecule has 33 heavy (non-hydrogen) atoms. The van der Waals surface area contributed by atoms with Crippen LogP contribution < -0.4 is 10.2 Å². The van der Waals surface area contributed by atoms with E-state index >= 15 is 0 Å². The summed E-state index contributed by atoms with van der Waals surface area (Å²) in [5, 5.41) is 11.6. The number of aromatic amines is 1. The fourth-order valence-corrected chi connectivity index (χ4v) is 3.35. The molecule has 0 aliphatic carbocycles. The van der Waals surface area contributed by atoms with Crippen molar-refractivity contribution in [2.45, 2.75) is 6.92 Å². The number of H-pyrrole nitrogens is 1. The number of rotatable bonds is 5. The van der Waals surface area contributed by atoms with Crippen LogP contribution in [0.4, 0.5) is 20.8 Å². The predicted octanol–water partition coefficient (Wildman–Crippen LogP) is 4.61. The number of carbonyl (C=O) groups excluding carboxylic acids is 2. The number of aromatic nitrogens is 2. The molecule has 0 spiro atoms. The average Bonchev–Trinajstić information content (AvgIpc) is 3.23. The van der Waals surface area contributed by atoms with Gasteiger partial charge in [-0.25, -0.2) is 14.2 Å². The van der Waals surface area contributed by atoms with Crippen molar-refractivity contribution >= 4 is 40.5 Å². The molecule has 0 saturated carbocycles. The summed E-state index contributed by atoms with van der Waals surface area (Å²) in [4.78, 5) is 45.3. The number of aryl methyl sites for hydroxylation is 1. The first-order valence-corrected chi connectivity index (χ1v) is 9.92. The predicted molar refractivity (Wildman–Crippen MR) is 121 cm³/mol. The Labute approximate surface area is 187 Å². The topological polar surface area (TPSA) is 115 Å². The second-order valence-corrected chi connectivity index (χ2v) is 7.45. The molecule has 1 aromatic heterocycles. The van der Waals surface area contributed by atoms with Crippen molar-refractivity contribution in [3.63, 3.8) is 0 Å². The van der Waals surface area contributed by atoms with E-state index in [1.165, 1.54) is 31.3 Å². The highest BCUT2D eigenvalue weighted by molar-refractivity contribution is 6.18. The molecule has 0 aliphatic heterocycles. The van der Waals surface area contributed by atoms with E-state index in [1.54, 1.807) is 43.3 Å². The van der Waals surface area contributed by atoms with Crippen LogP contribution in [0.2, 0.25) is 0 Å².